The van der Waals surface area contributed by atoms with Crippen molar-refractivity contribution in [1.29, 1.82) is 0 Å². The molecule has 27 heavy (non-hydrogen) atoms. The standard InChI is InChI=1S/C18H18ClN3O3S2/c1-11-3-5-13(6-4-11)27(24,25)10-9-16(23)21-22-18-20-17-12(2)14(19)7-8-15(17)26-18/h3-8H,9-10H2,1-2H3,(H,20,22)(H,21,23). The molecule has 0 atom stereocenters. The fraction of sp³-hybridized carbons (Fsp3) is 0.222. The molecule has 142 valence electrons. The van der Waals surface area contributed by atoms with Crippen LogP contribution in [0.5, 0.6) is 0 Å². The Morgan fingerprint density at radius 2 is 1.85 bits per heavy atom. The third kappa shape index (κ3) is 4.58. The van der Waals surface area contributed by atoms with E-state index in [0.29, 0.717) is 10.2 Å². The minimum atomic E-state index is -3.50. The molecule has 1 amide bonds. The molecule has 6 nitrogen and oxygen atoms in total. The van der Waals surface area contributed by atoms with Crippen LogP contribution in [0.25, 0.3) is 10.2 Å². The van der Waals surface area contributed by atoms with Crippen LogP contribution in [-0.4, -0.2) is 25.1 Å². The van der Waals surface area contributed by atoms with Gasteiger partial charge < -0.3 is 0 Å². The first-order valence-electron chi connectivity index (χ1n) is 8.16. The molecule has 0 unspecified atom stereocenters. The van der Waals surface area contributed by atoms with Gasteiger partial charge in [0.15, 0.2) is 9.84 Å². The Balaban J connectivity index is 1.58. The van der Waals surface area contributed by atoms with E-state index in [4.69, 9.17) is 11.6 Å². The normalized spacial score (nSPS) is 11.5. The van der Waals surface area contributed by atoms with E-state index in [-0.39, 0.29) is 17.1 Å². The maximum absolute atomic E-state index is 12.3. The summed E-state index contributed by atoms with van der Waals surface area (Å²) >= 11 is 7.46. The summed E-state index contributed by atoms with van der Waals surface area (Å²) in [7, 11) is -3.50. The van der Waals surface area contributed by atoms with Crippen molar-refractivity contribution in [2.45, 2.75) is 25.2 Å². The first-order valence-corrected chi connectivity index (χ1v) is 11.0. The van der Waals surface area contributed by atoms with Gasteiger partial charge >= 0.3 is 0 Å². The van der Waals surface area contributed by atoms with Crippen LogP contribution >= 0.6 is 22.9 Å². The quantitative estimate of drug-likeness (QED) is 0.587. The fourth-order valence-electron chi connectivity index (χ4n) is 2.43. The summed E-state index contributed by atoms with van der Waals surface area (Å²) in [6, 6.07) is 10.2. The summed E-state index contributed by atoms with van der Waals surface area (Å²) in [5, 5.41) is 1.13. The average molecular weight is 424 g/mol. The van der Waals surface area contributed by atoms with Gasteiger partial charge in [-0.05, 0) is 43.7 Å². The first-order chi connectivity index (χ1) is 12.8. The Bertz CT molecular complexity index is 1090. The fourth-order valence-corrected chi connectivity index (χ4v) is 4.70. The van der Waals surface area contributed by atoms with Crippen LogP contribution in [0, 0.1) is 13.8 Å². The summed E-state index contributed by atoms with van der Waals surface area (Å²) in [5.41, 5.74) is 7.84. The molecule has 0 aliphatic heterocycles. The van der Waals surface area contributed by atoms with Crippen molar-refractivity contribution < 1.29 is 13.2 Å². The van der Waals surface area contributed by atoms with Gasteiger partial charge in [-0.25, -0.2) is 13.4 Å². The molecule has 1 heterocycles. The molecule has 3 rings (SSSR count). The Kier molecular flexibility index (Phi) is 5.69. The molecule has 3 aromatic rings. The van der Waals surface area contributed by atoms with Crippen LogP contribution in [0.1, 0.15) is 17.5 Å². The minimum Gasteiger partial charge on any atom is -0.273 e. The molecule has 0 saturated heterocycles. The van der Waals surface area contributed by atoms with Crippen LogP contribution in [-0.2, 0) is 14.6 Å². The van der Waals surface area contributed by atoms with E-state index in [9.17, 15) is 13.2 Å². The number of sulfone groups is 1. The maximum atomic E-state index is 12.3. The second-order valence-electron chi connectivity index (χ2n) is 6.09. The number of aryl methyl sites for hydroxylation is 2. The third-order valence-electron chi connectivity index (χ3n) is 4.03. The zero-order valence-corrected chi connectivity index (χ0v) is 17.1. The number of benzene rings is 2. The number of rotatable bonds is 6. The highest BCUT2D eigenvalue weighted by Crippen LogP contribution is 2.31. The Morgan fingerprint density at radius 1 is 1.15 bits per heavy atom. The number of carbonyl (C=O) groups is 1. The second kappa shape index (κ2) is 7.84. The largest absolute Gasteiger partial charge is 0.273 e. The van der Waals surface area contributed by atoms with Gasteiger partial charge in [-0.1, -0.05) is 40.6 Å². The van der Waals surface area contributed by atoms with Crippen LogP contribution in [0.4, 0.5) is 5.13 Å². The zero-order chi connectivity index (χ0) is 19.6. The summed E-state index contributed by atoms with van der Waals surface area (Å²) in [6.07, 6.45) is -0.154. The summed E-state index contributed by atoms with van der Waals surface area (Å²) in [5.74, 6) is -0.697. The predicted octanol–water partition coefficient (Wildman–Crippen LogP) is 3.87. The van der Waals surface area contributed by atoms with E-state index in [1.165, 1.54) is 11.3 Å². The molecular formula is C18H18ClN3O3S2. The molecule has 0 aliphatic carbocycles. The number of nitrogens with one attached hydrogen (secondary N) is 2. The number of carbonyl (C=O) groups excluding carboxylic acids is 1. The van der Waals surface area contributed by atoms with E-state index in [0.717, 1.165) is 21.3 Å². The molecule has 2 aromatic carbocycles. The molecule has 0 spiro atoms. The lowest BCUT2D eigenvalue weighted by Crippen LogP contribution is -2.30. The van der Waals surface area contributed by atoms with Crippen LogP contribution < -0.4 is 10.9 Å². The number of amides is 1. The molecule has 0 fully saturated rings. The van der Waals surface area contributed by atoms with Gasteiger partial charge in [-0.2, -0.15) is 0 Å². The summed E-state index contributed by atoms with van der Waals surface area (Å²) in [6.45, 7) is 3.76. The van der Waals surface area contributed by atoms with Crippen molar-refractivity contribution >= 4 is 54.0 Å². The summed E-state index contributed by atoms with van der Waals surface area (Å²) in [4.78, 5) is 16.6. The van der Waals surface area contributed by atoms with Crippen LogP contribution in [0.3, 0.4) is 0 Å². The average Bonchev–Trinajstić information content (AvgIpc) is 3.06. The van der Waals surface area contributed by atoms with Crippen molar-refractivity contribution in [2.24, 2.45) is 0 Å². The van der Waals surface area contributed by atoms with Gasteiger partial charge in [0, 0.05) is 11.4 Å². The lowest BCUT2D eigenvalue weighted by molar-refractivity contribution is -0.120. The second-order valence-corrected chi connectivity index (χ2v) is 9.64. The van der Waals surface area contributed by atoms with E-state index in [1.54, 1.807) is 30.3 Å². The van der Waals surface area contributed by atoms with Gasteiger partial charge in [-0.15, -0.1) is 0 Å². The van der Waals surface area contributed by atoms with E-state index in [1.807, 2.05) is 19.9 Å². The highest BCUT2D eigenvalue weighted by Gasteiger charge is 2.16. The van der Waals surface area contributed by atoms with Crippen LogP contribution in [0.15, 0.2) is 41.3 Å². The number of fused-ring (bicyclic) bond motifs is 1. The first kappa shape index (κ1) is 19.6. The Morgan fingerprint density at radius 3 is 2.56 bits per heavy atom. The number of anilines is 1. The minimum absolute atomic E-state index is 0.154. The topological polar surface area (TPSA) is 88.2 Å². The number of hydrogen-bond donors (Lipinski definition) is 2. The van der Waals surface area contributed by atoms with Crippen molar-refractivity contribution in [2.75, 3.05) is 11.2 Å². The highest BCUT2D eigenvalue weighted by atomic mass is 35.5. The maximum Gasteiger partial charge on any atom is 0.239 e. The molecule has 0 saturated carbocycles. The van der Waals surface area contributed by atoms with Crippen molar-refractivity contribution in [3.8, 4) is 0 Å². The number of hydrazine groups is 1. The Labute approximate surface area is 166 Å². The van der Waals surface area contributed by atoms with Gasteiger partial charge in [0.2, 0.25) is 11.0 Å². The van der Waals surface area contributed by atoms with Crippen molar-refractivity contribution in [3.63, 3.8) is 0 Å². The van der Waals surface area contributed by atoms with Crippen molar-refractivity contribution in [3.05, 3.63) is 52.5 Å². The van der Waals surface area contributed by atoms with Gasteiger partial charge in [0.1, 0.15) is 0 Å². The van der Waals surface area contributed by atoms with E-state index < -0.39 is 15.7 Å². The molecule has 0 aliphatic rings. The molecule has 9 heteroatoms. The lowest BCUT2D eigenvalue weighted by Gasteiger charge is -2.07. The molecule has 1 aromatic heterocycles. The van der Waals surface area contributed by atoms with E-state index >= 15 is 0 Å². The number of hydrogen-bond acceptors (Lipinski definition) is 6. The molecule has 0 radical (unpaired) electrons. The van der Waals surface area contributed by atoms with Gasteiger partial charge in [0.05, 0.1) is 20.9 Å². The molecular weight excluding hydrogens is 406 g/mol. The van der Waals surface area contributed by atoms with Crippen LogP contribution in [0.2, 0.25) is 5.02 Å². The molecule has 0 bridgehead atoms. The number of aromatic nitrogens is 1. The number of thiazole rings is 1. The SMILES string of the molecule is Cc1ccc(S(=O)(=O)CCC(=O)NNc2nc3c(C)c(Cl)ccc3s2)cc1. The number of halogens is 1. The Hall–Kier alpha value is -2.16. The third-order valence-corrected chi connectivity index (χ3v) is 7.11. The number of nitrogens with zero attached hydrogens (tertiary/aromatic N) is 1. The molecule has 2 N–H and O–H groups in total. The van der Waals surface area contributed by atoms with E-state index in [2.05, 4.69) is 15.8 Å². The zero-order valence-electron chi connectivity index (χ0n) is 14.7. The summed E-state index contributed by atoms with van der Waals surface area (Å²) < 4.78 is 25.5. The smallest absolute Gasteiger partial charge is 0.239 e. The van der Waals surface area contributed by atoms with Crippen molar-refractivity contribution in [1.82, 2.24) is 10.4 Å². The van der Waals surface area contributed by atoms with Gasteiger partial charge in [-0.3, -0.25) is 15.6 Å². The highest BCUT2D eigenvalue weighted by molar-refractivity contribution is 7.91. The predicted molar refractivity (Wildman–Crippen MR) is 109 cm³/mol. The lowest BCUT2D eigenvalue weighted by atomic mass is 10.2. The van der Waals surface area contributed by atoms with Gasteiger partial charge in [0.25, 0.3) is 0 Å². The monoisotopic (exact) mass is 423 g/mol.